The lowest BCUT2D eigenvalue weighted by Gasteiger charge is -2.34. The summed E-state index contributed by atoms with van der Waals surface area (Å²) in [5, 5.41) is 0. The quantitative estimate of drug-likeness (QED) is 0.318. The summed E-state index contributed by atoms with van der Waals surface area (Å²) in [6, 6.07) is 7.12. The first-order valence-electron chi connectivity index (χ1n) is 13.2. The van der Waals surface area contributed by atoms with Crippen LogP contribution in [0.5, 0.6) is 5.88 Å². The molecule has 6 rings (SSSR count). The van der Waals surface area contributed by atoms with Gasteiger partial charge in [0.05, 0.1) is 25.5 Å². The van der Waals surface area contributed by atoms with Crippen molar-refractivity contribution in [3.8, 4) is 28.7 Å². The van der Waals surface area contributed by atoms with Crippen molar-refractivity contribution < 1.29 is 22.7 Å². The van der Waals surface area contributed by atoms with Gasteiger partial charge in [-0.3, -0.25) is 4.79 Å². The Morgan fingerprint density at radius 3 is 2.49 bits per heavy atom. The van der Waals surface area contributed by atoms with Gasteiger partial charge in [-0.15, -0.1) is 0 Å². The Morgan fingerprint density at radius 1 is 1.07 bits per heavy atom. The van der Waals surface area contributed by atoms with Gasteiger partial charge in [-0.2, -0.15) is 13.2 Å². The molecule has 13 heteroatoms. The fourth-order valence-corrected chi connectivity index (χ4v) is 4.98. The molecule has 2 aliphatic rings. The van der Waals surface area contributed by atoms with Crippen LogP contribution in [-0.4, -0.2) is 56.1 Å². The maximum absolute atomic E-state index is 13.2. The first kappa shape index (κ1) is 26.7. The van der Waals surface area contributed by atoms with Crippen LogP contribution in [0, 0.1) is 0 Å². The number of amides is 1. The van der Waals surface area contributed by atoms with E-state index < -0.39 is 11.9 Å². The van der Waals surface area contributed by atoms with Crippen LogP contribution in [0.15, 0.2) is 43.0 Å². The van der Waals surface area contributed by atoms with Gasteiger partial charge in [-0.1, -0.05) is 24.3 Å². The van der Waals surface area contributed by atoms with Gasteiger partial charge in [0, 0.05) is 37.8 Å². The van der Waals surface area contributed by atoms with Crippen molar-refractivity contribution in [2.75, 3.05) is 30.5 Å². The molecule has 1 amide bonds. The Labute approximate surface area is 233 Å². The lowest BCUT2D eigenvalue weighted by molar-refractivity contribution is -0.140. The Hall–Kier alpha value is -4.55. The minimum atomic E-state index is -4.52. The predicted octanol–water partition coefficient (Wildman–Crippen LogP) is 4.70. The van der Waals surface area contributed by atoms with Crippen LogP contribution in [0.2, 0.25) is 0 Å². The number of halogens is 3. The third kappa shape index (κ3) is 4.96. The monoisotopic (exact) mass is 564 g/mol. The van der Waals surface area contributed by atoms with Crippen LogP contribution in [0.1, 0.15) is 42.6 Å². The van der Waals surface area contributed by atoms with Gasteiger partial charge in [0.15, 0.2) is 17.3 Å². The number of hydrogen-bond donors (Lipinski definition) is 0. The third-order valence-electron chi connectivity index (χ3n) is 7.33. The van der Waals surface area contributed by atoms with Crippen molar-refractivity contribution in [3.63, 3.8) is 0 Å². The number of carbonyl (C=O) groups is 1. The standard InChI is InChI=1S/C28H27F3N8O2/c1-4-38-13-20(28(29,30)31)35-25(38)18-7-5-16(6-8-18)12-39-14-21(40)37(2)19-11-32-24(36-26(19)39)22-23(17-9-10-17)33-15-34-27(22)41-3/h5-8,11,13,15,17H,4,9-10,12,14H2,1-3H3. The van der Waals surface area contributed by atoms with Crippen molar-refractivity contribution in [2.45, 2.75) is 44.9 Å². The molecule has 1 saturated carbocycles. The molecule has 0 atom stereocenters. The van der Waals surface area contributed by atoms with Gasteiger partial charge < -0.3 is 19.1 Å². The highest BCUT2D eigenvalue weighted by atomic mass is 19.4. The van der Waals surface area contributed by atoms with E-state index in [-0.39, 0.29) is 18.3 Å². The van der Waals surface area contributed by atoms with Gasteiger partial charge in [-0.25, -0.2) is 24.9 Å². The number of carbonyl (C=O) groups excluding carboxylic acids is 1. The summed E-state index contributed by atoms with van der Waals surface area (Å²) in [7, 11) is 3.23. The second-order valence-corrected chi connectivity index (χ2v) is 10.1. The van der Waals surface area contributed by atoms with Gasteiger partial charge in [0.2, 0.25) is 11.8 Å². The average Bonchev–Trinajstić information content (AvgIpc) is 3.72. The number of fused-ring (bicyclic) bond motifs is 1. The molecule has 0 radical (unpaired) electrons. The molecule has 1 aromatic carbocycles. The van der Waals surface area contributed by atoms with E-state index in [4.69, 9.17) is 9.72 Å². The molecule has 1 fully saturated rings. The summed E-state index contributed by atoms with van der Waals surface area (Å²) in [6.07, 6.45) is 1.65. The van der Waals surface area contributed by atoms with Crippen molar-refractivity contribution in [1.29, 1.82) is 0 Å². The molecule has 3 aromatic heterocycles. The van der Waals surface area contributed by atoms with Gasteiger partial charge >= 0.3 is 6.18 Å². The van der Waals surface area contributed by atoms with E-state index in [0.29, 0.717) is 53.3 Å². The zero-order valence-electron chi connectivity index (χ0n) is 22.7. The largest absolute Gasteiger partial charge is 0.480 e. The highest BCUT2D eigenvalue weighted by Crippen LogP contribution is 2.45. The summed E-state index contributed by atoms with van der Waals surface area (Å²) < 4.78 is 46.7. The molecule has 0 saturated heterocycles. The fraction of sp³-hybridized carbons (Fsp3) is 0.357. The van der Waals surface area contributed by atoms with Crippen molar-refractivity contribution in [1.82, 2.24) is 29.5 Å². The van der Waals surface area contributed by atoms with Crippen LogP contribution < -0.4 is 14.5 Å². The molecular formula is C28H27F3N8O2. The normalized spacial score (nSPS) is 15.3. The highest BCUT2D eigenvalue weighted by Gasteiger charge is 2.35. The van der Waals surface area contributed by atoms with Gasteiger partial charge in [0.1, 0.15) is 23.4 Å². The molecule has 4 heterocycles. The van der Waals surface area contributed by atoms with E-state index >= 15 is 0 Å². The first-order chi connectivity index (χ1) is 19.7. The SMILES string of the molecule is CCn1cc(C(F)(F)F)nc1-c1ccc(CN2CC(=O)N(C)c3cnc(-c4c(OC)ncnc4C4CC4)nc32)cc1. The van der Waals surface area contributed by atoms with Crippen LogP contribution in [0.3, 0.4) is 0 Å². The number of hydrogen-bond acceptors (Lipinski definition) is 8. The number of aromatic nitrogens is 6. The van der Waals surface area contributed by atoms with E-state index in [0.717, 1.165) is 30.3 Å². The Balaban J connectivity index is 1.33. The molecular weight excluding hydrogens is 537 g/mol. The number of imidazole rings is 1. The number of rotatable bonds is 7. The predicted molar refractivity (Wildman–Crippen MR) is 144 cm³/mol. The molecule has 0 spiro atoms. The van der Waals surface area contributed by atoms with Gasteiger partial charge in [-0.05, 0) is 25.3 Å². The van der Waals surface area contributed by atoms with Gasteiger partial charge in [0.25, 0.3) is 0 Å². The Bertz CT molecular complexity index is 1620. The second-order valence-electron chi connectivity index (χ2n) is 10.1. The number of ether oxygens (including phenoxy) is 1. The molecule has 212 valence electrons. The van der Waals surface area contributed by atoms with E-state index in [1.54, 1.807) is 39.4 Å². The smallest absolute Gasteiger partial charge is 0.434 e. The highest BCUT2D eigenvalue weighted by molar-refractivity contribution is 6.02. The summed E-state index contributed by atoms with van der Waals surface area (Å²) in [5.41, 5.74) is 2.55. The maximum atomic E-state index is 13.2. The average molecular weight is 565 g/mol. The number of aryl methyl sites for hydroxylation is 1. The zero-order chi connectivity index (χ0) is 28.9. The number of likely N-dealkylation sites (N-methyl/N-ethyl adjacent to an activating group) is 1. The van der Waals surface area contributed by atoms with E-state index in [2.05, 4.69) is 19.9 Å². The van der Waals surface area contributed by atoms with Crippen molar-refractivity contribution >= 4 is 17.4 Å². The minimum Gasteiger partial charge on any atom is -0.480 e. The van der Waals surface area contributed by atoms with Crippen LogP contribution in [-0.2, 0) is 24.1 Å². The lowest BCUT2D eigenvalue weighted by Crippen LogP contribution is -2.44. The van der Waals surface area contributed by atoms with Crippen LogP contribution in [0.4, 0.5) is 24.7 Å². The second kappa shape index (κ2) is 10.1. The molecule has 1 aliphatic carbocycles. The topological polar surface area (TPSA) is 102 Å². The molecule has 0 unspecified atom stereocenters. The molecule has 41 heavy (non-hydrogen) atoms. The zero-order valence-corrected chi connectivity index (χ0v) is 22.7. The van der Waals surface area contributed by atoms with E-state index in [1.165, 1.54) is 15.8 Å². The number of anilines is 2. The van der Waals surface area contributed by atoms with Crippen molar-refractivity contribution in [2.24, 2.45) is 0 Å². The third-order valence-corrected chi connectivity index (χ3v) is 7.33. The lowest BCUT2D eigenvalue weighted by atomic mass is 10.1. The van der Waals surface area contributed by atoms with Crippen LogP contribution >= 0.6 is 0 Å². The van der Waals surface area contributed by atoms with E-state index in [1.807, 2.05) is 17.0 Å². The summed E-state index contributed by atoms with van der Waals surface area (Å²) >= 11 is 0. The number of methoxy groups -OCH3 is 1. The number of benzene rings is 1. The molecule has 0 N–H and O–H groups in total. The summed E-state index contributed by atoms with van der Waals surface area (Å²) in [6.45, 7) is 2.55. The van der Waals surface area contributed by atoms with Crippen LogP contribution in [0.25, 0.3) is 22.8 Å². The Kier molecular flexibility index (Phi) is 6.59. The minimum absolute atomic E-state index is 0.0921. The first-order valence-corrected chi connectivity index (χ1v) is 13.2. The number of alkyl halides is 3. The van der Waals surface area contributed by atoms with E-state index in [9.17, 15) is 18.0 Å². The Morgan fingerprint density at radius 2 is 1.83 bits per heavy atom. The maximum Gasteiger partial charge on any atom is 0.434 e. The van der Waals surface area contributed by atoms with Crippen molar-refractivity contribution in [3.05, 3.63) is 59.9 Å². The molecule has 1 aliphatic heterocycles. The molecule has 10 nitrogen and oxygen atoms in total. The summed E-state index contributed by atoms with van der Waals surface area (Å²) in [5.74, 6) is 1.81. The summed E-state index contributed by atoms with van der Waals surface area (Å²) in [4.78, 5) is 38.3. The molecule has 4 aromatic rings. The number of nitrogens with zero attached hydrogens (tertiary/aromatic N) is 8. The fourth-order valence-electron chi connectivity index (χ4n) is 4.98. The molecule has 0 bridgehead atoms.